The van der Waals surface area contributed by atoms with Gasteiger partial charge < -0.3 is 19.7 Å². The Morgan fingerprint density at radius 3 is 2.50 bits per heavy atom. The van der Waals surface area contributed by atoms with E-state index in [2.05, 4.69) is 11.9 Å². The smallest absolute Gasteiger partial charge is 0.258 e. The van der Waals surface area contributed by atoms with Crippen molar-refractivity contribution in [1.82, 2.24) is 10.2 Å². The van der Waals surface area contributed by atoms with E-state index in [9.17, 15) is 9.59 Å². The van der Waals surface area contributed by atoms with E-state index in [0.29, 0.717) is 22.8 Å². The van der Waals surface area contributed by atoms with Crippen molar-refractivity contribution < 1.29 is 19.1 Å². The topological polar surface area (TPSA) is 67.9 Å². The fourth-order valence-corrected chi connectivity index (χ4v) is 3.35. The molecule has 0 aliphatic carbocycles. The van der Waals surface area contributed by atoms with Crippen LogP contribution in [0.25, 0.3) is 5.70 Å². The molecule has 1 unspecified atom stereocenters. The highest BCUT2D eigenvalue weighted by molar-refractivity contribution is 6.08. The first-order valence-electron chi connectivity index (χ1n) is 9.07. The Balaban J connectivity index is 1.62. The second-order valence-electron chi connectivity index (χ2n) is 6.60. The van der Waals surface area contributed by atoms with E-state index in [4.69, 9.17) is 9.47 Å². The highest BCUT2D eigenvalue weighted by Crippen LogP contribution is 2.31. The van der Waals surface area contributed by atoms with Crippen LogP contribution in [-0.4, -0.2) is 37.5 Å². The molecule has 1 aliphatic heterocycles. The van der Waals surface area contributed by atoms with Crippen LogP contribution in [0.2, 0.25) is 0 Å². The summed E-state index contributed by atoms with van der Waals surface area (Å²) in [6.07, 6.45) is 0.176. The molecule has 1 N–H and O–H groups in total. The van der Waals surface area contributed by atoms with Gasteiger partial charge in [-0.3, -0.25) is 9.59 Å². The summed E-state index contributed by atoms with van der Waals surface area (Å²) in [5.74, 6) is 1.09. The molecule has 0 saturated heterocycles. The number of benzene rings is 2. The van der Waals surface area contributed by atoms with Gasteiger partial charge in [0.2, 0.25) is 5.91 Å². The van der Waals surface area contributed by atoms with E-state index in [0.717, 1.165) is 11.1 Å². The van der Waals surface area contributed by atoms with Crippen molar-refractivity contribution in [3.8, 4) is 11.5 Å². The molecule has 3 rings (SSSR count). The molecule has 0 fully saturated rings. The summed E-state index contributed by atoms with van der Waals surface area (Å²) < 4.78 is 10.6. The average molecular weight is 380 g/mol. The molecule has 6 heteroatoms. The van der Waals surface area contributed by atoms with E-state index < -0.39 is 0 Å². The van der Waals surface area contributed by atoms with Gasteiger partial charge in [0.1, 0.15) is 11.5 Å². The molecule has 2 amide bonds. The van der Waals surface area contributed by atoms with E-state index >= 15 is 0 Å². The summed E-state index contributed by atoms with van der Waals surface area (Å²) in [7, 11) is 3.18. The summed E-state index contributed by atoms with van der Waals surface area (Å²) in [4.78, 5) is 26.6. The lowest BCUT2D eigenvalue weighted by Crippen LogP contribution is -2.32. The van der Waals surface area contributed by atoms with Crippen LogP contribution in [0.4, 0.5) is 0 Å². The maximum atomic E-state index is 12.5. The van der Waals surface area contributed by atoms with Gasteiger partial charge >= 0.3 is 0 Å². The second kappa shape index (κ2) is 8.17. The van der Waals surface area contributed by atoms with Crippen LogP contribution in [0.3, 0.4) is 0 Å². The Labute approximate surface area is 164 Å². The van der Waals surface area contributed by atoms with Gasteiger partial charge in [0.05, 0.1) is 20.3 Å². The highest BCUT2D eigenvalue weighted by atomic mass is 16.5. The molecule has 0 spiro atoms. The largest absolute Gasteiger partial charge is 0.497 e. The number of carbonyl (C=O) groups is 2. The van der Waals surface area contributed by atoms with Crippen LogP contribution in [0.1, 0.15) is 40.9 Å². The number of nitrogens with zero attached hydrogens (tertiary/aromatic N) is 1. The Hall–Kier alpha value is -3.28. The fraction of sp³-hybridized carbons (Fsp3) is 0.273. The zero-order valence-corrected chi connectivity index (χ0v) is 16.3. The van der Waals surface area contributed by atoms with E-state index in [1.165, 1.54) is 0 Å². The van der Waals surface area contributed by atoms with Gasteiger partial charge in [0.25, 0.3) is 5.91 Å². The van der Waals surface area contributed by atoms with Gasteiger partial charge in [-0.25, -0.2) is 0 Å². The summed E-state index contributed by atoms with van der Waals surface area (Å²) >= 11 is 0. The van der Waals surface area contributed by atoms with E-state index in [1.807, 2.05) is 31.2 Å². The predicted octanol–water partition coefficient (Wildman–Crippen LogP) is 3.40. The van der Waals surface area contributed by atoms with Crippen LogP contribution in [-0.2, 0) is 4.79 Å². The van der Waals surface area contributed by atoms with Gasteiger partial charge in [-0.15, -0.1) is 0 Å². The van der Waals surface area contributed by atoms with Gasteiger partial charge in [-0.05, 0) is 31.2 Å². The molecule has 0 bridgehead atoms. The minimum atomic E-state index is -0.271. The first kappa shape index (κ1) is 19.5. The molecule has 2 aromatic rings. The number of carbonyl (C=O) groups excluding carboxylic acids is 2. The summed E-state index contributed by atoms with van der Waals surface area (Å²) in [5.41, 5.74) is 2.91. The zero-order valence-electron chi connectivity index (χ0n) is 16.3. The van der Waals surface area contributed by atoms with Crippen LogP contribution in [0, 0.1) is 0 Å². The maximum absolute atomic E-state index is 12.5. The van der Waals surface area contributed by atoms with Gasteiger partial charge in [-0.1, -0.05) is 24.8 Å². The number of hydrogen-bond donors (Lipinski definition) is 1. The molecule has 0 aromatic heterocycles. The Morgan fingerprint density at radius 2 is 1.86 bits per heavy atom. The van der Waals surface area contributed by atoms with Crippen LogP contribution in [0.15, 0.2) is 49.0 Å². The molecule has 2 aromatic carbocycles. The number of fused-ring (bicyclic) bond motifs is 1. The third-order valence-electron chi connectivity index (χ3n) is 4.88. The van der Waals surface area contributed by atoms with Crippen molar-refractivity contribution in [2.75, 3.05) is 20.8 Å². The standard InChI is InChI=1S/C22H24N2O4/c1-14(19-13-16(27-3)9-10-20(19)28-4)23-21(25)11-12-24-15(2)17-7-5-6-8-18(17)22(24)26/h5-10,13-14H,2,11-12H2,1,3-4H3,(H,23,25). The summed E-state index contributed by atoms with van der Waals surface area (Å²) in [6, 6.07) is 12.5. The minimum Gasteiger partial charge on any atom is -0.497 e. The second-order valence-corrected chi connectivity index (χ2v) is 6.60. The van der Waals surface area contributed by atoms with Crippen LogP contribution in [0.5, 0.6) is 11.5 Å². The quantitative estimate of drug-likeness (QED) is 0.799. The van der Waals surface area contributed by atoms with E-state index in [1.54, 1.807) is 37.3 Å². The SMILES string of the molecule is C=C1c2ccccc2C(=O)N1CCC(=O)NC(C)c1cc(OC)ccc1OC. The minimum absolute atomic E-state index is 0.115. The summed E-state index contributed by atoms with van der Waals surface area (Å²) in [5, 5.41) is 2.95. The highest BCUT2D eigenvalue weighted by Gasteiger charge is 2.30. The normalized spacial score (nSPS) is 13.9. The van der Waals surface area contributed by atoms with Gasteiger partial charge in [0.15, 0.2) is 0 Å². The maximum Gasteiger partial charge on any atom is 0.258 e. The molecular weight excluding hydrogens is 356 g/mol. The van der Waals surface area contributed by atoms with Crippen molar-refractivity contribution >= 4 is 17.5 Å². The molecule has 0 saturated carbocycles. The average Bonchev–Trinajstić information content (AvgIpc) is 2.96. The van der Waals surface area contributed by atoms with Crippen LogP contribution >= 0.6 is 0 Å². The number of nitrogens with one attached hydrogen (secondary N) is 1. The molecular formula is C22H24N2O4. The van der Waals surface area contributed by atoms with Crippen molar-refractivity contribution in [3.63, 3.8) is 0 Å². The predicted molar refractivity (Wildman–Crippen MR) is 107 cm³/mol. The fourth-order valence-electron chi connectivity index (χ4n) is 3.35. The molecule has 0 radical (unpaired) electrons. The number of ether oxygens (including phenoxy) is 2. The van der Waals surface area contributed by atoms with Crippen molar-refractivity contribution in [2.24, 2.45) is 0 Å². The molecule has 146 valence electrons. The lowest BCUT2D eigenvalue weighted by molar-refractivity contribution is -0.121. The molecule has 1 heterocycles. The Morgan fingerprint density at radius 1 is 1.14 bits per heavy atom. The first-order valence-corrected chi connectivity index (χ1v) is 9.07. The number of methoxy groups -OCH3 is 2. The zero-order chi connectivity index (χ0) is 20.3. The van der Waals surface area contributed by atoms with Crippen molar-refractivity contribution in [2.45, 2.75) is 19.4 Å². The van der Waals surface area contributed by atoms with Crippen molar-refractivity contribution in [1.29, 1.82) is 0 Å². The molecule has 1 aliphatic rings. The monoisotopic (exact) mass is 380 g/mol. The molecule has 1 atom stereocenters. The molecule has 6 nitrogen and oxygen atoms in total. The molecule has 28 heavy (non-hydrogen) atoms. The van der Waals surface area contributed by atoms with Crippen molar-refractivity contribution in [3.05, 3.63) is 65.7 Å². The summed E-state index contributed by atoms with van der Waals surface area (Å²) in [6.45, 7) is 6.16. The lowest BCUT2D eigenvalue weighted by atomic mass is 10.1. The van der Waals surface area contributed by atoms with Crippen LogP contribution < -0.4 is 14.8 Å². The van der Waals surface area contributed by atoms with E-state index in [-0.39, 0.29) is 30.8 Å². The third-order valence-corrected chi connectivity index (χ3v) is 4.88. The van der Waals surface area contributed by atoms with Gasteiger partial charge in [-0.2, -0.15) is 0 Å². The number of hydrogen-bond acceptors (Lipinski definition) is 4. The first-order chi connectivity index (χ1) is 13.5. The Bertz CT molecular complexity index is 888. The number of rotatable bonds is 7. The van der Waals surface area contributed by atoms with Gasteiger partial charge in [0, 0.05) is 35.4 Å². The lowest BCUT2D eigenvalue weighted by Gasteiger charge is -2.20. The third kappa shape index (κ3) is 3.71. The number of amides is 2. The Kier molecular flexibility index (Phi) is 5.68.